The summed E-state index contributed by atoms with van der Waals surface area (Å²) in [4.78, 5) is 12.5. The van der Waals surface area contributed by atoms with Gasteiger partial charge in [0.1, 0.15) is 18.1 Å². The van der Waals surface area contributed by atoms with Gasteiger partial charge in [0.2, 0.25) is 5.91 Å². The third-order valence-corrected chi connectivity index (χ3v) is 5.96. The minimum atomic E-state index is -0.193. The Morgan fingerprint density at radius 1 is 0.941 bits per heavy atom. The largest absolute Gasteiger partial charge is 0.494 e. The summed E-state index contributed by atoms with van der Waals surface area (Å²) < 4.78 is 13.3. The monoisotopic (exact) mass is 494 g/mol. The normalized spacial score (nSPS) is 10.6. The van der Waals surface area contributed by atoms with E-state index in [4.69, 9.17) is 21.1 Å². The average molecular weight is 495 g/mol. The van der Waals surface area contributed by atoms with Gasteiger partial charge in [-0.2, -0.15) is 0 Å². The number of rotatable bonds is 10. The maximum atomic E-state index is 12.5. The van der Waals surface area contributed by atoms with Gasteiger partial charge in [-0.05, 0) is 55.5 Å². The Hall–Kier alpha value is -3.49. The SMILES string of the molecule is CCOc1ccc(-n2c(COc3ccccc3)nnc2SCC(=O)Nc2ccccc2Cl)cc1. The summed E-state index contributed by atoms with van der Waals surface area (Å²) in [5, 5.41) is 12.5. The van der Waals surface area contributed by atoms with E-state index < -0.39 is 0 Å². The molecule has 0 fully saturated rings. The molecule has 0 bridgehead atoms. The number of hydrogen-bond acceptors (Lipinski definition) is 6. The van der Waals surface area contributed by atoms with Crippen LogP contribution in [-0.2, 0) is 11.4 Å². The van der Waals surface area contributed by atoms with Crippen molar-refractivity contribution in [2.75, 3.05) is 17.7 Å². The van der Waals surface area contributed by atoms with Gasteiger partial charge in [0.25, 0.3) is 0 Å². The van der Waals surface area contributed by atoms with E-state index in [2.05, 4.69) is 15.5 Å². The molecular weight excluding hydrogens is 472 g/mol. The molecule has 0 aliphatic carbocycles. The van der Waals surface area contributed by atoms with E-state index in [0.29, 0.717) is 28.3 Å². The third-order valence-electron chi connectivity index (χ3n) is 4.70. The second kappa shape index (κ2) is 11.6. The quantitative estimate of drug-likeness (QED) is 0.288. The number of anilines is 1. The standard InChI is InChI=1S/C25H23ClN4O3S/c1-2-32-20-14-12-18(13-15-20)30-23(16-33-19-8-4-3-5-9-19)28-29-25(30)34-17-24(31)27-22-11-7-6-10-21(22)26/h3-15H,2,16-17H2,1H3,(H,27,31). The number of amides is 1. The molecule has 1 aromatic heterocycles. The Labute approximate surface area is 207 Å². The lowest BCUT2D eigenvalue weighted by molar-refractivity contribution is -0.113. The number of para-hydroxylation sites is 2. The molecule has 0 saturated heterocycles. The summed E-state index contributed by atoms with van der Waals surface area (Å²) in [6, 6.07) is 24.2. The van der Waals surface area contributed by atoms with Crippen LogP contribution in [0.25, 0.3) is 5.69 Å². The molecule has 1 heterocycles. The van der Waals surface area contributed by atoms with Gasteiger partial charge in [-0.15, -0.1) is 10.2 Å². The molecule has 0 aliphatic rings. The summed E-state index contributed by atoms with van der Waals surface area (Å²) in [5.41, 5.74) is 1.41. The number of ether oxygens (including phenoxy) is 2. The van der Waals surface area contributed by atoms with Crippen LogP contribution in [0.3, 0.4) is 0 Å². The summed E-state index contributed by atoms with van der Waals surface area (Å²) in [6.07, 6.45) is 0. The van der Waals surface area contributed by atoms with Crippen molar-refractivity contribution < 1.29 is 14.3 Å². The maximum absolute atomic E-state index is 12.5. The summed E-state index contributed by atoms with van der Waals surface area (Å²) >= 11 is 7.42. The molecule has 7 nitrogen and oxygen atoms in total. The van der Waals surface area contributed by atoms with E-state index in [1.165, 1.54) is 11.8 Å². The van der Waals surface area contributed by atoms with Crippen molar-refractivity contribution in [3.63, 3.8) is 0 Å². The Morgan fingerprint density at radius 3 is 2.38 bits per heavy atom. The van der Waals surface area contributed by atoms with Gasteiger partial charge in [0.15, 0.2) is 11.0 Å². The third kappa shape index (κ3) is 6.09. The van der Waals surface area contributed by atoms with Crippen LogP contribution >= 0.6 is 23.4 Å². The fraction of sp³-hybridized carbons (Fsp3) is 0.160. The van der Waals surface area contributed by atoms with Crippen molar-refractivity contribution in [2.24, 2.45) is 0 Å². The lowest BCUT2D eigenvalue weighted by Gasteiger charge is -2.12. The van der Waals surface area contributed by atoms with Crippen LogP contribution in [0, 0.1) is 0 Å². The fourth-order valence-corrected chi connectivity index (χ4v) is 4.10. The molecule has 3 aromatic carbocycles. The van der Waals surface area contributed by atoms with E-state index >= 15 is 0 Å². The first kappa shape index (κ1) is 23.7. The van der Waals surface area contributed by atoms with E-state index in [-0.39, 0.29) is 18.3 Å². The minimum absolute atomic E-state index is 0.139. The Balaban J connectivity index is 1.52. The van der Waals surface area contributed by atoms with Crippen LogP contribution in [0.4, 0.5) is 5.69 Å². The number of thioether (sulfide) groups is 1. The molecule has 0 saturated carbocycles. The number of hydrogen-bond donors (Lipinski definition) is 1. The highest BCUT2D eigenvalue weighted by Crippen LogP contribution is 2.26. The minimum Gasteiger partial charge on any atom is -0.494 e. The molecule has 1 N–H and O–H groups in total. The summed E-state index contributed by atoms with van der Waals surface area (Å²) in [5.74, 6) is 2.06. The average Bonchev–Trinajstić information content (AvgIpc) is 3.27. The fourth-order valence-electron chi connectivity index (χ4n) is 3.15. The molecule has 0 radical (unpaired) electrons. The Morgan fingerprint density at radius 2 is 1.65 bits per heavy atom. The van der Waals surface area contributed by atoms with Crippen molar-refractivity contribution in [2.45, 2.75) is 18.7 Å². The first-order valence-corrected chi connectivity index (χ1v) is 12.0. The van der Waals surface area contributed by atoms with E-state index in [1.807, 2.05) is 78.2 Å². The number of nitrogens with zero attached hydrogens (tertiary/aromatic N) is 3. The van der Waals surface area contributed by atoms with Crippen LogP contribution in [0.2, 0.25) is 5.02 Å². The number of nitrogens with one attached hydrogen (secondary N) is 1. The number of halogens is 1. The van der Waals surface area contributed by atoms with Crippen LogP contribution in [0.15, 0.2) is 84.0 Å². The van der Waals surface area contributed by atoms with Crippen molar-refractivity contribution in [1.82, 2.24) is 14.8 Å². The van der Waals surface area contributed by atoms with Crippen molar-refractivity contribution in [1.29, 1.82) is 0 Å². The van der Waals surface area contributed by atoms with Crippen molar-refractivity contribution >= 4 is 35.0 Å². The number of carbonyl (C=O) groups is 1. The molecule has 174 valence electrons. The molecule has 0 atom stereocenters. The van der Waals surface area contributed by atoms with Gasteiger partial charge in [0.05, 0.1) is 23.1 Å². The second-order valence-electron chi connectivity index (χ2n) is 7.08. The molecule has 4 rings (SSSR count). The van der Waals surface area contributed by atoms with E-state index in [0.717, 1.165) is 17.2 Å². The van der Waals surface area contributed by atoms with Crippen LogP contribution in [0.5, 0.6) is 11.5 Å². The van der Waals surface area contributed by atoms with Gasteiger partial charge >= 0.3 is 0 Å². The first-order chi connectivity index (χ1) is 16.6. The Bertz CT molecular complexity index is 1230. The maximum Gasteiger partial charge on any atom is 0.234 e. The molecule has 0 aliphatic heterocycles. The van der Waals surface area contributed by atoms with Crippen LogP contribution < -0.4 is 14.8 Å². The second-order valence-corrected chi connectivity index (χ2v) is 8.43. The van der Waals surface area contributed by atoms with E-state index in [9.17, 15) is 4.79 Å². The number of carbonyl (C=O) groups excluding carboxylic acids is 1. The molecule has 0 unspecified atom stereocenters. The molecule has 0 spiro atoms. The Kier molecular flexibility index (Phi) is 8.06. The topological polar surface area (TPSA) is 78.3 Å². The van der Waals surface area contributed by atoms with Gasteiger partial charge in [-0.1, -0.05) is 53.7 Å². The van der Waals surface area contributed by atoms with Crippen LogP contribution in [0.1, 0.15) is 12.7 Å². The first-order valence-electron chi connectivity index (χ1n) is 10.7. The molecule has 34 heavy (non-hydrogen) atoms. The van der Waals surface area contributed by atoms with Crippen LogP contribution in [-0.4, -0.2) is 33.0 Å². The predicted octanol–water partition coefficient (Wildman–Crippen LogP) is 5.63. The molecular formula is C25H23ClN4O3S. The lowest BCUT2D eigenvalue weighted by Crippen LogP contribution is -2.15. The zero-order valence-corrected chi connectivity index (χ0v) is 20.1. The van der Waals surface area contributed by atoms with Gasteiger partial charge in [-0.25, -0.2) is 0 Å². The number of benzene rings is 3. The van der Waals surface area contributed by atoms with Gasteiger partial charge in [-0.3, -0.25) is 9.36 Å². The predicted molar refractivity (Wildman–Crippen MR) is 134 cm³/mol. The smallest absolute Gasteiger partial charge is 0.234 e. The highest BCUT2D eigenvalue weighted by atomic mass is 35.5. The number of aromatic nitrogens is 3. The van der Waals surface area contributed by atoms with E-state index in [1.54, 1.807) is 12.1 Å². The lowest BCUT2D eigenvalue weighted by atomic mass is 10.3. The highest BCUT2D eigenvalue weighted by Gasteiger charge is 2.17. The zero-order valence-electron chi connectivity index (χ0n) is 18.5. The molecule has 4 aromatic rings. The van der Waals surface area contributed by atoms with Gasteiger partial charge < -0.3 is 14.8 Å². The summed E-state index contributed by atoms with van der Waals surface area (Å²) in [7, 11) is 0. The van der Waals surface area contributed by atoms with Crippen molar-refractivity contribution in [3.05, 3.63) is 89.7 Å². The van der Waals surface area contributed by atoms with Gasteiger partial charge in [0, 0.05) is 5.69 Å². The van der Waals surface area contributed by atoms with Crippen molar-refractivity contribution in [3.8, 4) is 17.2 Å². The molecule has 1 amide bonds. The zero-order chi connectivity index (χ0) is 23.8. The highest BCUT2D eigenvalue weighted by molar-refractivity contribution is 7.99. The summed E-state index contributed by atoms with van der Waals surface area (Å²) in [6.45, 7) is 2.75. The molecule has 9 heteroatoms.